The van der Waals surface area contributed by atoms with Gasteiger partial charge in [-0.1, -0.05) is 12.8 Å². The first-order chi connectivity index (χ1) is 11.0. The molecule has 2 aliphatic rings. The zero-order valence-electron chi connectivity index (χ0n) is 14.3. The third-order valence-electron chi connectivity index (χ3n) is 4.58. The van der Waals surface area contributed by atoms with E-state index in [0.717, 1.165) is 37.4 Å². The minimum atomic E-state index is -4.25. The molecule has 1 saturated carbocycles. The number of hydrogen-bond donors (Lipinski definition) is 1. The van der Waals surface area contributed by atoms with Crippen LogP contribution in [0, 0.1) is 11.8 Å². The van der Waals surface area contributed by atoms with Gasteiger partial charge in [0.2, 0.25) is 0 Å². The summed E-state index contributed by atoms with van der Waals surface area (Å²) in [4.78, 5) is 6.88. The molecule has 2 rings (SSSR count). The highest BCUT2D eigenvalue weighted by atomic mass is 127. The second-order valence-corrected chi connectivity index (χ2v) is 6.47. The molecular formula is C16H29F3IN3O. The van der Waals surface area contributed by atoms with Crippen LogP contribution in [0.2, 0.25) is 0 Å². The van der Waals surface area contributed by atoms with Crippen molar-refractivity contribution in [3.05, 3.63) is 0 Å². The van der Waals surface area contributed by atoms with E-state index in [1.807, 2.05) is 6.92 Å². The van der Waals surface area contributed by atoms with E-state index in [4.69, 9.17) is 0 Å². The Labute approximate surface area is 159 Å². The van der Waals surface area contributed by atoms with Gasteiger partial charge < -0.3 is 15.0 Å². The van der Waals surface area contributed by atoms with Crippen LogP contribution in [0.25, 0.3) is 0 Å². The van der Waals surface area contributed by atoms with Gasteiger partial charge in [-0.15, -0.1) is 24.0 Å². The van der Waals surface area contributed by atoms with Crippen LogP contribution in [0.4, 0.5) is 13.2 Å². The van der Waals surface area contributed by atoms with Crippen LogP contribution >= 0.6 is 24.0 Å². The van der Waals surface area contributed by atoms with Crippen LogP contribution in [0.5, 0.6) is 0 Å². The van der Waals surface area contributed by atoms with Crippen LogP contribution in [-0.4, -0.2) is 56.4 Å². The van der Waals surface area contributed by atoms with E-state index >= 15 is 0 Å². The molecule has 1 heterocycles. The lowest BCUT2D eigenvalue weighted by molar-refractivity contribution is -0.173. The van der Waals surface area contributed by atoms with E-state index in [1.54, 1.807) is 0 Å². The van der Waals surface area contributed by atoms with Gasteiger partial charge in [-0.25, -0.2) is 0 Å². The summed E-state index contributed by atoms with van der Waals surface area (Å²) in [6.45, 7) is 4.36. The van der Waals surface area contributed by atoms with Gasteiger partial charge in [0.05, 0.1) is 0 Å². The highest BCUT2D eigenvalue weighted by Gasteiger charge is 2.35. The third-order valence-corrected chi connectivity index (χ3v) is 4.58. The number of fused-ring (bicyclic) bond motifs is 1. The predicted octanol–water partition coefficient (Wildman–Crippen LogP) is 3.66. The number of hydrogen-bond acceptors (Lipinski definition) is 2. The number of aliphatic imine (C=N–C) groups is 1. The number of rotatable bonds is 6. The summed E-state index contributed by atoms with van der Waals surface area (Å²) in [7, 11) is 0. The highest BCUT2D eigenvalue weighted by Crippen LogP contribution is 2.35. The first-order valence-electron chi connectivity index (χ1n) is 8.67. The molecule has 1 aliphatic heterocycles. The molecule has 142 valence electrons. The largest absolute Gasteiger partial charge is 0.411 e. The monoisotopic (exact) mass is 463 g/mol. The van der Waals surface area contributed by atoms with Gasteiger partial charge in [-0.05, 0) is 38.0 Å². The summed E-state index contributed by atoms with van der Waals surface area (Å²) >= 11 is 0. The highest BCUT2D eigenvalue weighted by molar-refractivity contribution is 14.0. The van der Waals surface area contributed by atoms with E-state index < -0.39 is 12.8 Å². The maximum atomic E-state index is 12.0. The fraction of sp³-hybridized carbons (Fsp3) is 0.938. The SMILES string of the molecule is CCNC(=NCCCOCC(F)(F)F)N1CC2CCCCC2C1.I. The minimum absolute atomic E-state index is 0. The summed E-state index contributed by atoms with van der Waals surface area (Å²) in [5.41, 5.74) is 0. The quantitative estimate of drug-likeness (QED) is 0.283. The Hall–Kier alpha value is -0.250. The minimum Gasteiger partial charge on any atom is -0.372 e. The van der Waals surface area contributed by atoms with Crippen molar-refractivity contribution >= 4 is 29.9 Å². The number of likely N-dealkylation sites (tertiary alicyclic amines) is 1. The Morgan fingerprint density at radius 2 is 1.83 bits per heavy atom. The zero-order valence-corrected chi connectivity index (χ0v) is 16.6. The fourth-order valence-electron chi connectivity index (χ4n) is 3.54. The molecule has 1 aliphatic carbocycles. The van der Waals surface area contributed by atoms with Gasteiger partial charge in [0, 0.05) is 32.8 Å². The molecule has 1 saturated heterocycles. The summed E-state index contributed by atoms with van der Waals surface area (Å²) in [6.07, 6.45) is 1.55. The number of guanidine groups is 1. The van der Waals surface area contributed by atoms with E-state index in [1.165, 1.54) is 25.7 Å². The Kier molecular flexibility index (Phi) is 9.69. The number of nitrogens with zero attached hydrogens (tertiary/aromatic N) is 2. The average molecular weight is 463 g/mol. The summed E-state index contributed by atoms with van der Waals surface area (Å²) in [5, 5.41) is 3.30. The molecule has 4 nitrogen and oxygen atoms in total. The van der Waals surface area contributed by atoms with Crippen molar-refractivity contribution in [1.82, 2.24) is 10.2 Å². The summed E-state index contributed by atoms with van der Waals surface area (Å²) in [6, 6.07) is 0. The van der Waals surface area contributed by atoms with Crippen LogP contribution in [0.3, 0.4) is 0 Å². The van der Waals surface area contributed by atoms with E-state index in [2.05, 4.69) is 19.9 Å². The van der Waals surface area contributed by atoms with Gasteiger partial charge in [0.1, 0.15) is 6.61 Å². The normalized spacial score (nSPS) is 24.5. The molecule has 1 N–H and O–H groups in total. The maximum absolute atomic E-state index is 12.0. The molecule has 0 amide bonds. The number of ether oxygens (including phenoxy) is 1. The molecule has 0 aromatic carbocycles. The van der Waals surface area contributed by atoms with Gasteiger partial charge in [0.15, 0.2) is 5.96 Å². The van der Waals surface area contributed by atoms with Crippen molar-refractivity contribution in [3.8, 4) is 0 Å². The molecule has 2 unspecified atom stereocenters. The van der Waals surface area contributed by atoms with Crippen molar-refractivity contribution < 1.29 is 17.9 Å². The summed E-state index contributed by atoms with van der Waals surface area (Å²) < 4.78 is 40.5. The number of halogens is 4. The third kappa shape index (κ3) is 7.33. The Morgan fingerprint density at radius 3 is 2.38 bits per heavy atom. The van der Waals surface area contributed by atoms with Crippen molar-refractivity contribution in [2.75, 3.05) is 39.4 Å². The summed E-state index contributed by atoms with van der Waals surface area (Å²) in [5.74, 6) is 2.46. The Morgan fingerprint density at radius 1 is 1.21 bits per heavy atom. The molecule has 0 bridgehead atoms. The van der Waals surface area contributed by atoms with Gasteiger partial charge in [0.25, 0.3) is 0 Å². The topological polar surface area (TPSA) is 36.9 Å². The van der Waals surface area contributed by atoms with Crippen molar-refractivity contribution in [2.24, 2.45) is 16.8 Å². The Bertz CT molecular complexity index is 379. The molecule has 2 atom stereocenters. The molecule has 8 heteroatoms. The molecule has 2 fully saturated rings. The average Bonchev–Trinajstić information content (AvgIpc) is 2.92. The lowest BCUT2D eigenvalue weighted by Crippen LogP contribution is -2.40. The molecule has 0 aromatic rings. The second-order valence-electron chi connectivity index (χ2n) is 6.47. The van der Waals surface area contributed by atoms with E-state index in [0.29, 0.717) is 13.0 Å². The first-order valence-corrected chi connectivity index (χ1v) is 8.67. The number of nitrogens with one attached hydrogen (secondary N) is 1. The lowest BCUT2D eigenvalue weighted by atomic mass is 9.82. The van der Waals surface area contributed by atoms with E-state index in [9.17, 15) is 13.2 Å². The van der Waals surface area contributed by atoms with Gasteiger partial charge in [-0.2, -0.15) is 13.2 Å². The zero-order chi connectivity index (χ0) is 16.7. The first kappa shape index (κ1) is 21.8. The van der Waals surface area contributed by atoms with Crippen molar-refractivity contribution in [3.63, 3.8) is 0 Å². The number of alkyl halides is 3. The Balaban J connectivity index is 0.00000288. The lowest BCUT2D eigenvalue weighted by Gasteiger charge is -2.22. The van der Waals surface area contributed by atoms with Crippen LogP contribution in [-0.2, 0) is 4.74 Å². The molecular weight excluding hydrogens is 434 g/mol. The van der Waals surface area contributed by atoms with E-state index in [-0.39, 0.29) is 30.6 Å². The fourth-order valence-corrected chi connectivity index (χ4v) is 3.54. The van der Waals surface area contributed by atoms with Gasteiger partial charge >= 0.3 is 6.18 Å². The second kappa shape index (κ2) is 10.7. The standard InChI is InChI=1S/C16H28F3N3O.HI/c1-2-20-15(21-8-5-9-23-12-16(17,18)19)22-10-13-6-3-4-7-14(13)11-22;/h13-14H,2-12H2,1H3,(H,20,21);1H. The molecule has 0 spiro atoms. The smallest absolute Gasteiger partial charge is 0.372 e. The maximum Gasteiger partial charge on any atom is 0.411 e. The van der Waals surface area contributed by atoms with Crippen LogP contribution in [0.15, 0.2) is 4.99 Å². The molecule has 24 heavy (non-hydrogen) atoms. The van der Waals surface area contributed by atoms with Crippen LogP contribution < -0.4 is 5.32 Å². The van der Waals surface area contributed by atoms with Gasteiger partial charge in [-0.3, -0.25) is 4.99 Å². The predicted molar refractivity (Wildman–Crippen MR) is 99.9 cm³/mol. The van der Waals surface area contributed by atoms with Crippen molar-refractivity contribution in [1.29, 1.82) is 0 Å². The molecule has 0 radical (unpaired) electrons. The van der Waals surface area contributed by atoms with Crippen LogP contribution in [0.1, 0.15) is 39.0 Å². The van der Waals surface area contributed by atoms with Crippen molar-refractivity contribution in [2.45, 2.75) is 45.2 Å². The molecule has 0 aromatic heterocycles.